The molecule has 0 atom stereocenters. The van der Waals surface area contributed by atoms with Crippen LogP contribution in [0.1, 0.15) is 37.1 Å². The van der Waals surface area contributed by atoms with E-state index in [1.807, 2.05) is 0 Å². The number of hydrogen-bond donors (Lipinski definition) is 0. The van der Waals surface area contributed by atoms with Crippen LogP contribution in [0.4, 0.5) is 23.2 Å². The van der Waals surface area contributed by atoms with Gasteiger partial charge in [0.15, 0.2) is 11.5 Å². The second-order valence-electron chi connectivity index (χ2n) is 9.92. The van der Waals surface area contributed by atoms with Gasteiger partial charge in [-0.15, -0.1) is 0 Å². The fourth-order valence-corrected chi connectivity index (χ4v) is 5.30. The van der Waals surface area contributed by atoms with Crippen LogP contribution in [-0.2, 0) is 11.0 Å². The number of carbonyl (C=O) groups is 1. The van der Waals surface area contributed by atoms with E-state index >= 15 is 4.39 Å². The average molecular weight is 581 g/mol. The predicted octanol–water partition coefficient (Wildman–Crippen LogP) is 5.05. The molecule has 1 amide bonds. The van der Waals surface area contributed by atoms with Crippen molar-refractivity contribution in [2.24, 2.45) is 0 Å². The van der Waals surface area contributed by atoms with E-state index in [2.05, 4.69) is 9.94 Å². The number of hydrogen-bond acceptors (Lipinski definition) is 4. The summed E-state index contributed by atoms with van der Waals surface area (Å²) in [5.74, 6) is -1.06. The molecular weight excluding hydrogens is 556 g/mol. The monoisotopic (exact) mass is 580 g/mol. The van der Waals surface area contributed by atoms with Crippen molar-refractivity contribution >= 4 is 11.6 Å². The molecular formula is C29H24F4N6O3. The molecule has 1 saturated heterocycles. The van der Waals surface area contributed by atoms with Gasteiger partial charge in [-0.3, -0.25) is 18.7 Å². The quantitative estimate of drug-likeness (QED) is 0.250. The van der Waals surface area contributed by atoms with Crippen molar-refractivity contribution in [1.29, 1.82) is 0 Å². The molecule has 0 bridgehead atoms. The van der Waals surface area contributed by atoms with Gasteiger partial charge in [0.1, 0.15) is 5.69 Å². The van der Waals surface area contributed by atoms with Gasteiger partial charge in [-0.1, -0.05) is 18.2 Å². The molecule has 1 aliphatic heterocycles. The van der Waals surface area contributed by atoms with E-state index in [1.165, 1.54) is 44.2 Å². The number of halogens is 4. The molecule has 2 aromatic heterocycles. The number of benzene rings is 2. The maximum Gasteiger partial charge on any atom is 0.416 e. The molecule has 2 aromatic carbocycles. The molecule has 1 fully saturated rings. The molecule has 0 unspecified atom stereocenters. The maximum atomic E-state index is 15.5. The van der Waals surface area contributed by atoms with Crippen LogP contribution < -0.4 is 11.2 Å². The Bertz CT molecular complexity index is 1840. The third-order valence-corrected chi connectivity index (χ3v) is 7.42. The van der Waals surface area contributed by atoms with Gasteiger partial charge in [-0.2, -0.15) is 18.3 Å². The lowest BCUT2D eigenvalue weighted by Gasteiger charge is -2.32. The van der Waals surface area contributed by atoms with E-state index in [0.29, 0.717) is 11.4 Å². The lowest BCUT2D eigenvalue weighted by molar-refractivity contribution is -0.137. The first-order valence-corrected chi connectivity index (χ1v) is 13.0. The van der Waals surface area contributed by atoms with Crippen molar-refractivity contribution in [2.75, 3.05) is 13.1 Å². The minimum atomic E-state index is -4.70. The van der Waals surface area contributed by atoms with E-state index in [4.69, 9.17) is 6.57 Å². The van der Waals surface area contributed by atoms with Gasteiger partial charge >= 0.3 is 11.9 Å². The molecule has 0 saturated carbocycles. The molecule has 0 spiro atoms. The Balaban J connectivity index is 1.79. The first kappa shape index (κ1) is 28.5. The number of aromatic nitrogens is 4. The predicted molar refractivity (Wildman–Crippen MR) is 145 cm³/mol. The van der Waals surface area contributed by atoms with E-state index in [9.17, 15) is 27.6 Å². The third-order valence-electron chi connectivity index (χ3n) is 7.42. The van der Waals surface area contributed by atoms with Crippen LogP contribution in [0.2, 0.25) is 0 Å². The van der Waals surface area contributed by atoms with Gasteiger partial charge in [0.2, 0.25) is 5.91 Å². The molecule has 216 valence electrons. The van der Waals surface area contributed by atoms with Gasteiger partial charge in [0.25, 0.3) is 5.56 Å². The standard InChI is InChI=1S/C29H24F4N6O3/c1-17-25(26-24(30)16-35-39(26)22-9-7-20(34-3)8-10-22)27(41)38(21-11-13-36(14-12-21)18(2)40)28(42)37(17)23-6-4-5-19(15-23)29(31,32)33/h4-10,15-16,21H,11-14H2,1-2H3. The van der Waals surface area contributed by atoms with E-state index in [-0.39, 0.29) is 54.5 Å². The molecule has 42 heavy (non-hydrogen) atoms. The summed E-state index contributed by atoms with van der Waals surface area (Å²) in [6.07, 6.45) is -3.34. The van der Waals surface area contributed by atoms with Gasteiger partial charge in [0.05, 0.1) is 35.3 Å². The van der Waals surface area contributed by atoms with Crippen LogP contribution in [0, 0.1) is 19.3 Å². The van der Waals surface area contributed by atoms with Crippen LogP contribution >= 0.6 is 0 Å². The molecule has 1 aliphatic rings. The lowest BCUT2D eigenvalue weighted by Crippen LogP contribution is -2.47. The zero-order valence-corrected chi connectivity index (χ0v) is 22.5. The minimum Gasteiger partial charge on any atom is -0.343 e. The Kier molecular flexibility index (Phi) is 7.32. The summed E-state index contributed by atoms with van der Waals surface area (Å²) in [7, 11) is 0. The molecule has 0 N–H and O–H groups in total. The molecule has 5 rings (SSSR count). The second kappa shape index (κ2) is 10.8. The number of amides is 1. The summed E-state index contributed by atoms with van der Waals surface area (Å²) in [6, 6.07) is 9.41. The van der Waals surface area contributed by atoms with Crippen LogP contribution in [0.5, 0.6) is 0 Å². The second-order valence-corrected chi connectivity index (χ2v) is 9.92. The van der Waals surface area contributed by atoms with E-state index in [1.54, 1.807) is 4.90 Å². The molecule has 0 aliphatic carbocycles. The van der Waals surface area contributed by atoms with Gasteiger partial charge in [-0.05, 0) is 50.1 Å². The fraction of sp³-hybridized carbons (Fsp3) is 0.276. The molecule has 0 radical (unpaired) electrons. The molecule has 13 heteroatoms. The fourth-order valence-electron chi connectivity index (χ4n) is 5.30. The summed E-state index contributed by atoms with van der Waals surface area (Å²) in [5, 5.41) is 4.08. The number of nitrogens with zero attached hydrogens (tertiary/aromatic N) is 6. The Morgan fingerprint density at radius 2 is 1.71 bits per heavy atom. The van der Waals surface area contributed by atoms with Crippen molar-refractivity contribution in [3.8, 4) is 22.6 Å². The maximum absolute atomic E-state index is 15.5. The van der Waals surface area contributed by atoms with Gasteiger partial charge < -0.3 is 4.90 Å². The molecule has 4 aromatic rings. The SMILES string of the molecule is [C-]#[N+]c1ccc(-n2ncc(F)c2-c2c(C)n(-c3cccc(C(F)(F)F)c3)c(=O)n(C3CCN(C(C)=O)CC3)c2=O)cc1. The number of likely N-dealkylation sites (tertiary alicyclic amines) is 1. The Morgan fingerprint density at radius 1 is 1.05 bits per heavy atom. The van der Waals surface area contributed by atoms with Crippen LogP contribution in [0.15, 0.2) is 64.3 Å². The van der Waals surface area contributed by atoms with Crippen molar-refractivity contribution in [3.05, 3.63) is 104 Å². The van der Waals surface area contributed by atoms with Crippen molar-refractivity contribution < 1.29 is 22.4 Å². The summed E-state index contributed by atoms with van der Waals surface area (Å²) in [6.45, 7) is 10.5. The van der Waals surface area contributed by atoms with Crippen molar-refractivity contribution in [2.45, 2.75) is 38.9 Å². The summed E-state index contributed by atoms with van der Waals surface area (Å²) >= 11 is 0. The lowest BCUT2D eigenvalue weighted by atomic mass is 10.0. The van der Waals surface area contributed by atoms with Crippen LogP contribution in [0.3, 0.4) is 0 Å². The van der Waals surface area contributed by atoms with E-state index < -0.39 is 34.8 Å². The summed E-state index contributed by atoms with van der Waals surface area (Å²) < 4.78 is 59.4. The smallest absolute Gasteiger partial charge is 0.343 e. The number of carbonyl (C=O) groups excluding carboxylic acids is 1. The Morgan fingerprint density at radius 3 is 2.31 bits per heavy atom. The normalized spacial score (nSPS) is 14.2. The number of rotatable bonds is 4. The minimum absolute atomic E-state index is 0.0832. The highest BCUT2D eigenvalue weighted by Gasteiger charge is 2.33. The highest BCUT2D eigenvalue weighted by atomic mass is 19.4. The van der Waals surface area contributed by atoms with Crippen LogP contribution in [-0.4, -0.2) is 42.8 Å². The first-order chi connectivity index (χ1) is 19.9. The summed E-state index contributed by atoms with van der Waals surface area (Å²) in [5.41, 5.74) is -2.86. The van der Waals surface area contributed by atoms with E-state index in [0.717, 1.165) is 38.2 Å². The number of piperidine rings is 1. The highest BCUT2D eigenvalue weighted by Crippen LogP contribution is 2.32. The molecule has 9 nitrogen and oxygen atoms in total. The summed E-state index contributed by atoms with van der Waals surface area (Å²) in [4.78, 5) is 44.8. The Hall–Kier alpha value is -4.99. The molecule has 3 heterocycles. The topological polar surface area (TPSA) is 86.5 Å². The van der Waals surface area contributed by atoms with Gasteiger partial charge in [-0.25, -0.2) is 18.7 Å². The van der Waals surface area contributed by atoms with Crippen molar-refractivity contribution in [1.82, 2.24) is 23.8 Å². The average Bonchev–Trinajstić information content (AvgIpc) is 3.33. The third kappa shape index (κ3) is 5.00. The van der Waals surface area contributed by atoms with Crippen molar-refractivity contribution in [3.63, 3.8) is 0 Å². The zero-order chi connectivity index (χ0) is 30.3. The largest absolute Gasteiger partial charge is 0.416 e. The van der Waals surface area contributed by atoms with Gasteiger partial charge in [0, 0.05) is 31.7 Å². The highest BCUT2D eigenvalue weighted by molar-refractivity contribution is 5.73. The zero-order valence-electron chi connectivity index (χ0n) is 22.5. The van der Waals surface area contributed by atoms with Crippen LogP contribution in [0.25, 0.3) is 27.5 Å². The number of alkyl halides is 3. The Labute approximate surface area is 236 Å². The first-order valence-electron chi connectivity index (χ1n) is 13.0.